The molecule has 0 saturated heterocycles. The van der Waals surface area contributed by atoms with E-state index in [2.05, 4.69) is 22.1 Å². The van der Waals surface area contributed by atoms with Crippen molar-refractivity contribution in [2.75, 3.05) is 13.6 Å². The molecular weight excluding hydrogens is 198 g/mol. The van der Waals surface area contributed by atoms with Gasteiger partial charge in [0.1, 0.15) is 0 Å². The summed E-state index contributed by atoms with van der Waals surface area (Å²) in [5.74, 6) is 0.917. The van der Waals surface area contributed by atoms with Crippen molar-refractivity contribution in [3.05, 3.63) is 23.0 Å². The van der Waals surface area contributed by atoms with Crippen LogP contribution in [0.2, 0.25) is 5.15 Å². The smallest absolute Gasteiger partial charge is 0.151 e. The Bertz CT molecular complexity index is 295. The van der Waals surface area contributed by atoms with Crippen LogP contribution in [0.4, 0.5) is 0 Å². The standard InChI is InChI=1S/C10H14ClN3/c1-14(6-8-2-3-8)7-9-4-5-10(11)13-12-9/h4-5,8H,2-3,6-7H2,1H3. The first-order valence-corrected chi connectivity index (χ1v) is 5.28. The Morgan fingerprint density at radius 1 is 1.43 bits per heavy atom. The van der Waals surface area contributed by atoms with Crippen LogP contribution in [0.3, 0.4) is 0 Å². The highest BCUT2D eigenvalue weighted by Crippen LogP contribution is 2.29. The predicted molar refractivity (Wildman–Crippen MR) is 56.1 cm³/mol. The van der Waals surface area contributed by atoms with Crippen LogP contribution >= 0.6 is 11.6 Å². The molecule has 0 unspecified atom stereocenters. The third-order valence-corrected chi connectivity index (χ3v) is 2.59. The number of hydrogen-bond donors (Lipinski definition) is 0. The van der Waals surface area contributed by atoms with E-state index >= 15 is 0 Å². The summed E-state index contributed by atoms with van der Waals surface area (Å²) >= 11 is 5.66. The molecule has 76 valence electrons. The van der Waals surface area contributed by atoms with E-state index in [4.69, 9.17) is 11.6 Å². The molecule has 1 heterocycles. The third-order valence-electron chi connectivity index (χ3n) is 2.39. The van der Waals surface area contributed by atoms with Gasteiger partial charge in [0.25, 0.3) is 0 Å². The van der Waals surface area contributed by atoms with E-state index in [9.17, 15) is 0 Å². The molecule has 3 nitrogen and oxygen atoms in total. The first kappa shape index (κ1) is 9.87. The summed E-state index contributed by atoms with van der Waals surface area (Å²) in [5, 5.41) is 8.30. The summed E-state index contributed by atoms with van der Waals surface area (Å²) in [6.45, 7) is 2.03. The second-order valence-electron chi connectivity index (χ2n) is 3.99. The predicted octanol–water partition coefficient (Wildman–Crippen LogP) is 1.97. The molecule has 0 spiro atoms. The number of hydrogen-bond acceptors (Lipinski definition) is 3. The van der Waals surface area contributed by atoms with E-state index in [0.717, 1.165) is 18.2 Å². The zero-order valence-electron chi connectivity index (χ0n) is 8.28. The van der Waals surface area contributed by atoms with Crippen LogP contribution < -0.4 is 0 Å². The molecule has 4 heteroatoms. The van der Waals surface area contributed by atoms with E-state index in [0.29, 0.717) is 5.15 Å². The normalized spacial score (nSPS) is 16.2. The van der Waals surface area contributed by atoms with Gasteiger partial charge in [-0.2, -0.15) is 5.10 Å². The van der Waals surface area contributed by atoms with E-state index in [1.54, 1.807) is 6.07 Å². The van der Waals surface area contributed by atoms with E-state index in [-0.39, 0.29) is 0 Å². The molecule has 1 aromatic heterocycles. The number of rotatable bonds is 4. The van der Waals surface area contributed by atoms with Crippen LogP contribution in [0.15, 0.2) is 12.1 Å². The Morgan fingerprint density at radius 3 is 2.79 bits per heavy atom. The fourth-order valence-corrected chi connectivity index (χ4v) is 1.61. The van der Waals surface area contributed by atoms with Gasteiger partial charge >= 0.3 is 0 Å². The lowest BCUT2D eigenvalue weighted by Gasteiger charge is -2.14. The van der Waals surface area contributed by atoms with Crippen molar-refractivity contribution in [3.8, 4) is 0 Å². The largest absolute Gasteiger partial charge is 0.300 e. The average molecular weight is 212 g/mol. The molecule has 1 fully saturated rings. The molecule has 1 aliphatic rings. The second kappa shape index (κ2) is 4.24. The zero-order chi connectivity index (χ0) is 9.97. The summed E-state index contributed by atoms with van der Waals surface area (Å²) in [6.07, 6.45) is 2.77. The Morgan fingerprint density at radius 2 is 2.21 bits per heavy atom. The lowest BCUT2D eigenvalue weighted by molar-refractivity contribution is 0.308. The topological polar surface area (TPSA) is 29.0 Å². The second-order valence-corrected chi connectivity index (χ2v) is 4.37. The van der Waals surface area contributed by atoms with Gasteiger partial charge in [-0.1, -0.05) is 11.6 Å². The van der Waals surface area contributed by atoms with Crippen molar-refractivity contribution in [2.24, 2.45) is 5.92 Å². The molecular formula is C10H14ClN3. The lowest BCUT2D eigenvalue weighted by Crippen LogP contribution is -2.21. The summed E-state index contributed by atoms with van der Waals surface area (Å²) in [7, 11) is 2.12. The summed E-state index contributed by atoms with van der Waals surface area (Å²) in [5.41, 5.74) is 0.984. The Balaban J connectivity index is 1.85. The minimum atomic E-state index is 0.457. The van der Waals surface area contributed by atoms with Crippen molar-refractivity contribution in [3.63, 3.8) is 0 Å². The first-order valence-electron chi connectivity index (χ1n) is 4.90. The molecule has 1 saturated carbocycles. The molecule has 1 aliphatic carbocycles. The van der Waals surface area contributed by atoms with Crippen molar-refractivity contribution >= 4 is 11.6 Å². The molecule has 14 heavy (non-hydrogen) atoms. The van der Waals surface area contributed by atoms with Crippen molar-refractivity contribution in [2.45, 2.75) is 19.4 Å². The third kappa shape index (κ3) is 2.93. The van der Waals surface area contributed by atoms with Crippen molar-refractivity contribution in [1.82, 2.24) is 15.1 Å². The zero-order valence-corrected chi connectivity index (χ0v) is 9.04. The van der Waals surface area contributed by atoms with E-state index < -0.39 is 0 Å². The minimum Gasteiger partial charge on any atom is -0.300 e. The highest BCUT2D eigenvalue weighted by molar-refractivity contribution is 6.29. The number of nitrogens with zero attached hydrogens (tertiary/aromatic N) is 3. The van der Waals surface area contributed by atoms with E-state index in [1.165, 1.54) is 19.4 Å². The SMILES string of the molecule is CN(Cc1ccc(Cl)nn1)CC1CC1. The lowest BCUT2D eigenvalue weighted by atomic mass is 10.3. The van der Waals surface area contributed by atoms with Crippen LogP contribution in [-0.4, -0.2) is 28.7 Å². The van der Waals surface area contributed by atoms with Gasteiger partial charge in [-0.05, 0) is 37.9 Å². The molecule has 0 amide bonds. The maximum Gasteiger partial charge on any atom is 0.151 e. The van der Waals surface area contributed by atoms with Gasteiger partial charge in [-0.25, -0.2) is 0 Å². The van der Waals surface area contributed by atoms with Crippen LogP contribution in [-0.2, 0) is 6.54 Å². The first-order chi connectivity index (χ1) is 6.74. The minimum absolute atomic E-state index is 0.457. The van der Waals surface area contributed by atoms with E-state index in [1.807, 2.05) is 6.07 Å². The van der Waals surface area contributed by atoms with Gasteiger partial charge in [0.15, 0.2) is 5.15 Å². The quantitative estimate of drug-likeness (QED) is 0.763. The molecule has 0 N–H and O–H groups in total. The Labute approximate surface area is 89.1 Å². The molecule has 0 atom stereocenters. The molecule has 0 aliphatic heterocycles. The Hall–Kier alpha value is -0.670. The van der Waals surface area contributed by atoms with Gasteiger partial charge in [0.05, 0.1) is 5.69 Å². The summed E-state index contributed by atoms with van der Waals surface area (Å²) in [6, 6.07) is 3.72. The fourth-order valence-electron chi connectivity index (χ4n) is 1.51. The van der Waals surface area contributed by atoms with Crippen LogP contribution in [0.1, 0.15) is 18.5 Å². The molecule has 0 radical (unpaired) electrons. The number of halogens is 1. The molecule has 2 rings (SSSR count). The van der Waals surface area contributed by atoms with Gasteiger partial charge in [0.2, 0.25) is 0 Å². The van der Waals surface area contributed by atoms with Gasteiger partial charge in [-0.3, -0.25) is 0 Å². The fraction of sp³-hybridized carbons (Fsp3) is 0.600. The molecule has 1 aromatic rings. The average Bonchev–Trinajstić information content (AvgIpc) is 2.93. The van der Waals surface area contributed by atoms with Crippen LogP contribution in [0.25, 0.3) is 0 Å². The highest BCUT2D eigenvalue weighted by Gasteiger charge is 2.22. The van der Waals surface area contributed by atoms with Gasteiger partial charge < -0.3 is 4.90 Å². The van der Waals surface area contributed by atoms with Crippen LogP contribution in [0.5, 0.6) is 0 Å². The Kier molecular flexibility index (Phi) is 2.99. The van der Waals surface area contributed by atoms with Crippen molar-refractivity contribution < 1.29 is 0 Å². The van der Waals surface area contributed by atoms with Crippen LogP contribution in [0, 0.1) is 5.92 Å². The molecule has 0 bridgehead atoms. The van der Waals surface area contributed by atoms with Gasteiger partial charge in [-0.15, -0.1) is 5.10 Å². The maximum absolute atomic E-state index is 5.66. The number of aromatic nitrogens is 2. The van der Waals surface area contributed by atoms with Crippen molar-refractivity contribution in [1.29, 1.82) is 0 Å². The molecule has 0 aromatic carbocycles. The summed E-state index contributed by atoms with van der Waals surface area (Å²) < 4.78 is 0. The monoisotopic (exact) mass is 211 g/mol. The maximum atomic E-state index is 5.66. The highest BCUT2D eigenvalue weighted by atomic mass is 35.5. The summed E-state index contributed by atoms with van der Waals surface area (Å²) in [4.78, 5) is 2.29. The van der Waals surface area contributed by atoms with Gasteiger partial charge in [0, 0.05) is 13.1 Å².